The van der Waals surface area contributed by atoms with Gasteiger partial charge in [0.25, 0.3) is 0 Å². The van der Waals surface area contributed by atoms with Crippen LogP contribution in [-0.4, -0.2) is 23.1 Å². The van der Waals surface area contributed by atoms with Crippen molar-refractivity contribution < 1.29 is 0 Å². The molecule has 0 aliphatic carbocycles. The third-order valence-corrected chi connectivity index (χ3v) is 2.67. The second kappa shape index (κ2) is 6.93. The number of anilines is 2. The highest BCUT2D eigenvalue weighted by atomic mass is 15.2. The fourth-order valence-electron chi connectivity index (χ4n) is 1.82. The first-order valence-electron chi connectivity index (χ1n) is 6.70. The Morgan fingerprint density at radius 1 is 1.32 bits per heavy atom. The number of hydrogen-bond acceptors (Lipinski definition) is 5. The zero-order chi connectivity index (χ0) is 14.4. The molecule has 1 aromatic rings. The first-order chi connectivity index (χ1) is 8.93. The van der Waals surface area contributed by atoms with Crippen LogP contribution in [0.5, 0.6) is 0 Å². The first-order valence-corrected chi connectivity index (χ1v) is 6.70. The molecule has 5 nitrogen and oxygen atoms in total. The zero-order valence-electron chi connectivity index (χ0n) is 12.2. The summed E-state index contributed by atoms with van der Waals surface area (Å²) >= 11 is 0. The van der Waals surface area contributed by atoms with E-state index in [2.05, 4.69) is 34.8 Å². The van der Waals surface area contributed by atoms with Crippen LogP contribution in [0.15, 0.2) is 6.07 Å². The molecule has 0 aliphatic heterocycles. The maximum absolute atomic E-state index is 8.76. The number of nitrogen functional groups attached to an aromatic ring is 1. The molecule has 0 aromatic carbocycles. The van der Waals surface area contributed by atoms with Crippen molar-refractivity contribution in [2.45, 2.75) is 40.0 Å². The number of nitrogens with two attached hydrogens (primary N) is 1. The van der Waals surface area contributed by atoms with Crippen LogP contribution in [0.2, 0.25) is 0 Å². The summed E-state index contributed by atoms with van der Waals surface area (Å²) in [7, 11) is 0. The van der Waals surface area contributed by atoms with Crippen LogP contribution < -0.4 is 10.6 Å². The van der Waals surface area contributed by atoms with Gasteiger partial charge in [0.05, 0.1) is 12.5 Å². The van der Waals surface area contributed by atoms with Crippen LogP contribution in [0.4, 0.5) is 11.6 Å². The topological polar surface area (TPSA) is 78.8 Å². The molecule has 0 aliphatic rings. The van der Waals surface area contributed by atoms with E-state index in [1.54, 1.807) is 6.07 Å². The minimum atomic E-state index is 0.235. The van der Waals surface area contributed by atoms with E-state index in [1.165, 1.54) is 0 Å². The SMILES string of the molecule is CC(C)CN(CCC#N)c1cc(N)nc(C(C)C)n1. The van der Waals surface area contributed by atoms with Crippen molar-refractivity contribution >= 4 is 11.6 Å². The first kappa shape index (κ1) is 15.2. The van der Waals surface area contributed by atoms with Crippen molar-refractivity contribution in [3.63, 3.8) is 0 Å². The Bertz CT molecular complexity index is 448. The van der Waals surface area contributed by atoms with E-state index in [9.17, 15) is 0 Å². The van der Waals surface area contributed by atoms with Gasteiger partial charge < -0.3 is 10.6 Å². The molecule has 0 radical (unpaired) electrons. The van der Waals surface area contributed by atoms with Gasteiger partial charge in [-0.25, -0.2) is 9.97 Å². The Hall–Kier alpha value is -1.83. The Labute approximate surface area is 115 Å². The van der Waals surface area contributed by atoms with E-state index in [4.69, 9.17) is 11.0 Å². The van der Waals surface area contributed by atoms with Crippen LogP contribution in [0.1, 0.15) is 45.9 Å². The molecule has 1 rings (SSSR count). The van der Waals surface area contributed by atoms with Crippen LogP contribution in [0.25, 0.3) is 0 Å². The summed E-state index contributed by atoms with van der Waals surface area (Å²) < 4.78 is 0. The number of nitrogens with zero attached hydrogens (tertiary/aromatic N) is 4. The van der Waals surface area contributed by atoms with Crippen molar-refractivity contribution in [1.82, 2.24) is 9.97 Å². The molecule has 0 spiro atoms. The summed E-state index contributed by atoms with van der Waals surface area (Å²) in [5.41, 5.74) is 5.85. The fraction of sp³-hybridized carbons (Fsp3) is 0.643. The predicted octanol–water partition coefficient (Wildman–Crippen LogP) is 2.56. The van der Waals surface area contributed by atoms with E-state index in [0.29, 0.717) is 24.7 Å². The Kier molecular flexibility index (Phi) is 5.56. The van der Waals surface area contributed by atoms with Gasteiger partial charge in [0, 0.05) is 25.1 Å². The van der Waals surface area contributed by atoms with E-state index < -0.39 is 0 Å². The maximum atomic E-state index is 8.76. The average molecular weight is 261 g/mol. The lowest BCUT2D eigenvalue weighted by atomic mass is 10.2. The summed E-state index contributed by atoms with van der Waals surface area (Å²) in [6, 6.07) is 3.96. The van der Waals surface area contributed by atoms with Gasteiger partial charge in [0.1, 0.15) is 17.5 Å². The molecule has 0 saturated heterocycles. The van der Waals surface area contributed by atoms with E-state index >= 15 is 0 Å². The van der Waals surface area contributed by atoms with Gasteiger partial charge in [-0.3, -0.25) is 0 Å². The van der Waals surface area contributed by atoms with E-state index in [-0.39, 0.29) is 5.92 Å². The van der Waals surface area contributed by atoms with Crippen molar-refractivity contribution in [2.24, 2.45) is 5.92 Å². The quantitative estimate of drug-likeness (QED) is 0.851. The lowest BCUT2D eigenvalue weighted by molar-refractivity contribution is 0.605. The van der Waals surface area contributed by atoms with E-state index in [1.807, 2.05) is 13.8 Å². The van der Waals surface area contributed by atoms with Crippen molar-refractivity contribution in [2.75, 3.05) is 23.7 Å². The van der Waals surface area contributed by atoms with Crippen molar-refractivity contribution in [3.8, 4) is 6.07 Å². The molecular weight excluding hydrogens is 238 g/mol. The van der Waals surface area contributed by atoms with Gasteiger partial charge in [-0.1, -0.05) is 27.7 Å². The molecule has 0 amide bonds. The monoisotopic (exact) mass is 261 g/mol. The second-order valence-electron chi connectivity index (χ2n) is 5.41. The molecule has 0 saturated carbocycles. The molecule has 0 atom stereocenters. The minimum Gasteiger partial charge on any atom is -0.384 e. The number of hydrogen-bond donors (Lipinski definition) is 1. The van der Waals surface area contributed by atoms with Crippen molar-refractivity contribution in [1.29, 1.82) is 5.26 Å². The highest BCUT2D eigenvalue weighted by Gasteiger charge is 2.13. The van der Waals surface area contributed by atoms with Crippen molar-refractivity contribution in [3.05, 3.63) is 11.9 Å². The molecule has 0 fully saturated rings. The van der Waals surface area contributed by atoms with Gasteiger partial charge in [-0.05, 0) is 5.92 Å². The summed E-state index contributed by atoms with van der Waals surface area (Å²) in [5.74, 6) is 2.79. The second-order valence-corrected chi connectivity index (χ2v) is 5.41. The lowest BCUT2D eigenvalue weighted by Gasteiger charge is -2.25. The lowest BCUT2D eigenvalue weighted by Crippen LogP contribution is -2.30. The third kappa shape index (κ3) is 4.74. The van der Waals surface area contributed by atoms with E-state index in [0.717, 1.165) is 18.2 Å². The van der Waals surface area contributed by atoms with Crippen LogP contribution in [-0.2, 0) is 0 Å². The normalized spacial score (nSPS) is 10.8. The van der Waals surface area contributed by atoms with Gasteiger partial charge in [0.2, 0.25) is 0 Å². The molecule has 2 N–H and O–H groups in total. The van der Waals surface area contributed by atoms with Gasteiger partial charge in [0.15, 0.2) is 0 Å². The zero-order valence-corrected chi connectivity index (χ0v) is 12.2. The predicted molar refractivity (Wildman–Crippen MR) is 77.8 cm³/mol. The average Bonchev–Trinajstić information content (AvgIpc) is 2.33. The third-order valence-electron chi connectivity index (χ3n) is 2.67. The summed E-state index contributed by atoms with van der Waals surface area (Å²) in [5, 5.41) is 8.76. The Balaban J connectivity index is 3.03. The highest BCUT2D eigenvalue weighted by molar-refractivity contribution is 5.47. The molecule has 19 heavy (non-hydrogen) atoms. The number of rotatable bonds is 6. The smallest absolute Gasteiger partial charge is 0.135 e. The van der Waals surface area contributed by atoms with Gasteiger partial charge >= 0.3 is 0 Å². The minimum absolute atomic E-state index is 0.235. The number of aromatic nitrogens is 2. The Morgan fingerprint density at radius 3 is 2.53 bits per heavy atom. The molecule has 5 heteroatoms. The van der Waals surface area contributed by atoms with Crippen LogP contribution in [0.3, 0.4) is 0 Å². The Morgan fingerprint density at radius 2 is 2.00 bits per heavy atom. The molecule has 1 aromatic heterocycles. The van der Waals surface area contributed by atoms with Crippen LogP contribution >= 0.6 is 0 Å². The molecule has 0 bridgehead atoms. The van der Waals surface area contributed by atoms with Gasteiger partial charge in [-0.15, -0.1) is 0 Å². The fourth-order valence-corrected chi connectivity index (χ4v) is 1.82. The highest BCUT2D eigenvalue weighted by Crippen LogP contribution is 2.19. The molecule has 0 unspecified atom stereocenters. The van der Waals surface area contributed by atoms with Gasteiger partial charge in [-0.2, -0.15) is 5.26 Å². The summed E-state index contributed by atoms with van der Waals surface area (Å²) in [6.45, 7) is 9.90. The largest absolute Gasteiger partial charge is 0.384 e. The summed E-state index contributed by atoms with van der Waals surface area (Å²) in [4.78, 5) is 10.9. The summed E-state index contributed by atoms with van der Waals surface area (Å²) in [6.07, 6.45) is 0.480. The molecule has 104 valence electrons. The standard InChI is InChI=1S/C14H23N5/c1-10(2)9-19(7-5-6-15)13-8-12(16)17-14(18-13)11(3)4/h8,10-11H,5,7,9H2,1-4H3,(H2,16,17,18). The number of nitriles is 1. The molecule has 1 heterocycles. The van der Waals surface area contributed by atoms with Crippen LogP contribution in [0, 0.1) is 17.2 Å². The maximum Gasteiger partial charge on any atom is 0.135 e. The molecular formula is C14H23N5.